The third kappa shape index (κ3) is 4.38. The molecule has 0 fully saturated rings. The summed E-state index contributed by atoms with van der Waals surface area (Å²) in [5.74, 6) is 1.15. The lowest BCUT2D eigenvalue weighted by molar-refractivity contribution is 0.617. The van der Waals surface area contributed by atoms with Gasteiger partial charge in [-0.15, -0.1) is 0 Å². The van der Waals surface area contributed by atoms with Gasteiger partial charge in [-0.1, -0.05) is 36.4 Å². The Bertz CT molecular complexity index is 1620. The molecule has 4 N–H and O–H groups in total. The molecule has 10 heteroatoms. The summed E-state index contributed by atoms with van der Waals surface area (Å²) in [7, 11) is 1.91. The summed E-state index contributed by atoms with van der Waals surface area (Å²) in [6, 6.07) is 15.3. The van der Waals surface area contributed by atoms with Crippen LogP contribution in [0.1, 0.15) is 24.0 Å². The van der Waals surface area contributed by atoms with Crippen molar-refractivity contribution in [2.45, 2.75) is 33.0 Å². The van der Waals surface area contributed by atoms with Crippen molar-refractivity contribution in [1.82, 2.24) is 29.3 Å². The molecule has 5 rings (SSSR count). The number of fused-ring (bicyclic) bond motifs is 2. The summed E-state index contributed by atoms with van der Waals surface area (Å²) in [6.07, 6.45) is 1.61. The fourth-order valence-electron chi connectivity index (χ4n) is 4.49. The minimum atomic E-state index is -0.274. The smallest absolute Gasteiger partial charge is 0.293 e. The highest BCUT2D eigenvalue weighted by molar-refractivity contribution is 5.80. The number of rotatable bonds is 7. The second kappa shape index (κ2) is 9.38. The average Bonchev–Trinajstić information content (AvgIpc) is 3.21. The normalized spacial score (nSPS) is 12.3. The van der Waals surface area contributed by atoms with E-state index in [4.69, 9.17) is 16.5 Å². The molecule has 1 atom stereocenters. The van der Waals surface area contributed by atoms with Gasteiger partial charge in [0.15, 0.2) is 5.82 Å². The van der Waals surface area contributed by atoms with Gasteiger partial charge in [-0.3, -0.25) is 4.79 Å². The molecule has 0 amide bonds. The number of nitrogens with two attached hydrogens (primary N) is 2. The van der Waals surface area contributed by atoms with E-state index in [0.717, 1.165) is 22.2 Å². The number of aromatic nitrogens is 6. The summed E-state index contributed by atoms with van der Waals surface area (Å²) < 4.78 is 3.27. The molecule has 3 heterocycles. The van der Waals surface area contributed by atoms with Crippen molar-refractivity contribution in [2.75, 3.05) is 24.2 Å². The van der Waals surface area contributed by atoms with Crippen LogP contribution in [0.3, 0.4) is 0 Å². The summed E-state index contributed by atoms with van der Waals surface area (Å²) in [5, 5.41) is 5.37. The van der Waals surface area contributed by atoms with Crippen LogP contribution in [0, 0.1) is 6.92 Å². The molecule has 184 valence electrons. The minimum Gasteiger partial charge on any atom is -0.398 e. The number of aryl methyl sites for hydroxylation is 1. The Morgan fingerprint density at radius 1 is 1.00 bits per heavy atom. The van der Waals surface area contributed by atoms with Gasteiger partial charge in [0.25, 0.3) is 5.56 Å². The Labute approximate surface area is 208 Å². The first-order valence-electron chi connectivity index (χ1n) is 11.8. The molecule has 0 bridgehead atoms. The largest absolute Gasteiger partial charge is 0.398 e. The van der Waals surface area contributed by atoms with E-state index >= 15 is 0 Å². The van der Waals surface area contributed by atoms with Crippen LogP contribution < -0.4 is 21.9 Å². The lowest BCUT2D eigenvalue weighted by Gasteiger charge is -2.22. The molecule has 0 saturated carbocycles. The van der Waals surface area contributed by atoms with Crippen LogP contribution in [0.15, 0.2) is 59.5 Å². The molecule has 0 radical (unpaired) electrons. The monoisotopic (exact) mass is 483 g/mol. The third-order valence-corrected chi connectivity index (χ3v) is 6.15. The molecule has 3 aromatic heterocycles. The maximum atomic E-state index is 13.7. The highest BCUT2D eigenvalue weighted by atomic mass is 16.1. The van der Waals surface area contributed by atoms with E-state index in [9.17, 15) is 4.79 Å². The summed E-state index contributed by atoms with van der Waals surface area (Å²) in [4.78, 5) is 29.7. The summed E-state index contributed by atoms with van der Waals surface area (Å²) in [6.45, 7) is 4.96. The first-order valence-corrected chi connectivity index (χ1v) is 11.8. The van der Waals surface area contributed by atoms with Crippen LogP contribution in [0.5, 0.6) is 0 Å². The van der Waals surface area contributed by atoms with Crippen LogP contribution in [-0.4, -0.2) is 48.9 Å². The number of likely N-dealkylation sites (N-methyl/N-ethyl adjacent to an activating group) is 1. The van der Waals surface area contributed by atoms with E-state index in [1.54, 1.807) is 6.20 Å². The second-order valence-electron chi connectivity index (χ2n) is 9.14. The molecule has 10 nitrogen and oxygen atoms in total. The van der Waals surface area contributed by atoms with Gasteiger partial charge in [0.05, 0.1) is 18.3 Å². The molecule has 2 aromatic carbocycles. The van der Waals surface area contributed by atoms with Crippen LogP contribution in [-0.2, 0) is 13.1 Å². The maximum absolute atomic E-state index is 13.7. The van der Waals surface area contributed by atoms with Gasteiger partial charge in [0.1, 0.15) is 17.6 Å². The van der Waals surface area contributed by atoms with Crippen molar-refractivity contribution >= 4 is 33.6 Å². The van der Waals surface area contributed by atoms with Gasteiger partial charge in [0.2, 0.25) is 5.95 Å². The summed E-state index contributed by atoms with van der Waals surface area (Å²) in [5.41, 5.74) is 16.2. The number of hydrogen-bond acceptors (Lipinski definition) is 8. The number of benzene rings is 2. The van der Waals surface area contributed by atoms with E-state index in [1.807, 2.05) is 78.9 Å². The van der Waals surface area contributed by atoms with E-state index in [0.29, 0.717) is 41.6 Å². The SMILES string of the molecule is Cc1nc(Cn2ncc3nc(N(C)CC(C)N)n(Cc4ccccc4N)c3c2=O)nc2ccccc12. The fraction of sp³-hybridized carbons (Fsp3) is 0.269. The Kier molecular flexibility index (Phi) is 6.11. The van der Waals surface area contributed by atoms with Gasteiger partial charge in [-0.25, -0.2) is 19.6 Å². The number of anilines is 2. The zero-order valence-electron chi connectivity index (χ0n) is 20.6. The average molecular weight is 484 g/mol. The molecule has 0 spiro atoms. The summed E-state index contributed by atoms with van der Waals surface area (Å²) >= 11 is 0. The van der Waals surface area contributed by atoms with Crippen molar-refractivity contribution in [3.63, 3.8) is 0 Å². The quantitative estimate of drug-likeness (QED) is 0.337. The van der Waals surface area contributed by atoms with Crippen molar-refractivity contribution < 1.29 is 0 Å². The molecule has 36 heavy (non-hydrogen) atoms. The minimum absolute atomic E-state index is 0.0758. The van der Waals surface area contributed by atoms with Gasteiger partial charge in [0, 0.05) is 36.4 Å². The molecule has 0 aliphatic heterocycles. The van der Waals surface area contributed by atoms with Crippen LogP contribution in [0.4, 0.5) is 11.6 Å². The highest BCUT2D eigenvalue weighted by Gasteiger charge is 2.21. The zero-order chi connectivity index (χ0) is 25.4. The van der Waals surface area contributed by atoms with Gasteiger partial charge in [-0.05, 0) is 31.5 Å². The topological polar surface area (TPSA) is 134 Å². The van der Waals surface area contributed by atoms with E-state index in [2.05, 4.69) is 15.1 Å². The van der Waals surface area contributed by atoms with Crippen LogP contribution >= 0.6 is 0 Å². The number of imidazole rings is 1. The molecular weight excluding hydrogens is 454 g/mol. The molecular formula is C26H29N9O. The molecule has 1 unspecified atom stereocenters. The van der Waals surface area contributed by atoms with Gasteiger partial charge >= 0.3 is 0 Å². The standard InChI is InChI=1S/C26H29N9O/c1-16(27)13-33(3)26-32-22-12-29-35(15-23-30-17(2)19-9-5-7-11-21(19)31-23)25(36)24(22)34(26)14-18-8-4-6-10-20(18)28/h4-12,16H,13-15,27-28H2,1-3H3. The van der Waals surface area contributed by atoms with E-state index in [-0.39, 0.29) is 18.1 Å². The molecule has 0 aliphatic carbocycles. The first kappa shape index (κ1) is 23.4. The maximum Gasteiger partial charge on any atom is 0.293 e. The Morgan fingerprint density at radius 2 is 1.75 bits per heavy atom. The second-order valence-corrected chi connectivity index (χ2v) is 9.14. The molecule has 0 aliphatic rings. The lowest BCUT2D eigenvalue weighted by atomic mass is 10.2. The van der Waals surface area contributed by atoms with Gasteiger partial charge in [-0.2, -0.15) is 5.10 Å². The van der Waals surface area contributed by atoms with Crippen molar-refractivity contribution in [3.05, 3.63) is 82.2 Å². The van der Waals surface area contributed by atoms with Crippen molar-refractivity contribution in [1.29, 1.82) is 0 Å². The van der Waals surface area contributed by atoms with Crippen molar-refractivity contribution in [2.24, 2.45) is 5.73 Å². The zero-order valence-corrected chi connectivity index (χ0v) is 20.6. The number of nitrogens with zero attached hydrogens (tertiary/aromatic N) is 7. The third-order valence-electron chi connectivity index (χ3n) is 6.15. The number of nitrogen functional groups attached to an aromatic ring is 1. The van der Waals surface area contributed by atoms with E-state index < -0.39 is 0 Å². The van der Waals surface area contributed by atoms with E-state index in [1.165, 1.54) is 4.68 Å². The Balaban J connectivity index is 1.63. The van der Waals surface area contributed by atoms with Crippen LogP contribution in [0.25, 0.3) is 21.9 Å². The number of hydrogen-bond donors (Lipinski definition) is 2. The Morgan fingerprint density at radius 3 is 2.53 bits per heavy atom. The fourth-order valence-corrected chi connectivity index (χ4v) is 4.49. The lowest BCUT2D eigenvalue weighted by Crippen LogP contribution is -2.34. The first-order chi connectivity index (χ1) is 17.3. The van der Waals surface area contributed by atoms with Gasteiger partial charge < -0.3 is 20.9 Å². The highest BCUT2D eigenvalue weighted by Crippen LogP contribution is 2.23. The predicted octanol–water partition coefficient (Wildman–Crippen LogP) is 2.31. The van der Waals surface area contributed by atoms with Crippen molar-refractivity contribution in [3.8, 4) is 0 Å². The predicted molar refractivity (Wildman–Crippen MR) is 142 cm³/mol. The molecule has 5 aromatic rings. The Hall–Kier alpha value is -4.31. The van der Waals surface area contributed by atoms with Crippen LogP contribution in [0.2, 0.25) is 0 Å². The molecule has 0 saturated heterocycles. The number of para-hydroxylation sites is 2.